The third-order valence-corrected chi connectivity index (χ3v) is 7.74. The van der Waals surface area contributed by atoms with Crippen LogP contribution < -0.4 is 5.32 Å². The van der Waals surface area contributed by atoms with Crippen LogP contribution in [0.25, 0.3) is 5.82 Å². The number of alkyl halides is 6. The Balaban J connectivity index is 1.64. The van der Waals surface area contributed by atoms with Crippen LogP contribution in [0, 0.1) is 6.92 Å². The summed E-state index contributed by atoms with van der Waals surface area (Å²) in [6.07, 6.45) is -8.24. The van der Waals surface area contributed by atoms with Gasteiger partial charge in [-0.3, -0.25) is 4.79 Å². The van der Waals surface area contributed by atoms with Gasteiger partial charge in [0, 0.05) is 23.1 Å². The van der Waals surface area contributed by atoms with Gasteiger partial charge in [0.2, 0.25) is 0 Å². The van der Waals surface area contributed by atoms with Gasteiger partial charge in [-0.15, -0.1) is 5.10 Å². The van der Waals surface area contributed by atoms with Crippen molar-refractivity contribution in [3.05, 3.63) is 58.9 Å². The van der Waals surface area contributed by atoms with Crippen LogP contribution in [-0.2, 0) is 22.1 Å². The zero-order valence-corrected chi connectivity index (χ0v) is 20.1. The van der Waals surface area contributed by atoms with Crippen molar-refractivity contribution in [3.63, 3.8) is 0 Å². The summed E-state index contributed by atoms with van der Waals surface area (Å²) in [4.78, 5) is 25.0. The Kier molecular flexibility index (Phi) is 6.73. The van der Waals surface area contributed by atoms with E-state index in [0.717, 1.165) is 6.42 Å². The summed E-state index contributed by atoms with van der Waals surface area (Å²) >= 11 is 0. The second-order valence-corrected chi connectivity index (χ2v) is 10.8. The summed E-state index contributed by atoms with van der Waals surface area (Å²) in [7, 11) is -2.36. The van der Waals surface area contributed by atoms with Gasteiger partial charge in [0.05, 0.1) is 26.9 Å². The second-order valence-electron chi connectivity index (χ2n) is 8.28. The van der Waals surface area contributed by atoms with Crippen LogP contribution in [0.5, 0.6) is 0 Å². The van der Waals surface area contributed by atoms with Crippen molar-refractivity contribution in [3.8, 4) is 5.82 Å². The number of nitrogens with one attached hydrogen (secondary N) is 1. The first-order valence-corrected chi connectivity index (χ1v) is 12.6. The molecule has 1 aliphatic rings. The highest BCUT2D eigenvalue weighted by atomic mass is 32.2. The quantitative estimate of drug-likeness (QED) is 0.474. The molecule has 2 aromatic heterocycles. The topological polar surface area (TPSA) is 115 Å². The first-order chi connectivity index (χ1) is 17.1. The van der Waals surface area contributed by atoms with Gasteiger partial charge in [0.15, 0.2) is 17.5 Å². The van der Waals surface area contributed by atoms with Crippen LogP contribution >= 0.6 is 0 Å². The van der Waals surface area contributed by atoms with Gasteiger partial charge in [0.1, 0.15) is 12.2 Å². The third kappa shape index (κ3) is 5.89. The fourth-order valence-corrected chi connectivity index (χ4v) is 4.87. The molecule has 1 amide bonds. The molecule has 1 N–H and O–H groups in total. The molecule has 4 rings (SSSR count). The molecule has 1 atom stereocenters. The standard InChI is InChI=1S/C21H19F6N7O2S/c1-11(30-19(35)13-6-14(20(22,23)24)8-15(7-13)21(25,26)27)18-31-12(2)32-34(18)17-9-16(28-10-29-17)33-37(36)4-3-5-37/h6-11H,3-5H2,1-2H3,(H,30,35)/t11-/m0/s1. The van der Waals surface area contributed by atoms with E-state index in [-0.39, 0.29) is 29.4 Å². The number of halogens is 6. The summed E-state index contributed by atoms with van der Waals surface area (Å²) in [5, 5.41) is 6.55. The SMILES string of the molecule is Cc1nc([C@H](C)NC(=O)c2cc(C(F)(F)F)cc(C(F)(F)F)c2)n(-c2cc(N=S3(=O)CCC3)ncn2)n1. The number of benzene rings is 1. The number of carbonyl (C=O) groups excluding carboxylic acids is 1. The first kappa shape index (κ1) is 26.5. The molecule has 16 heteroatoms. The third-order valence-electron chi connectivity index (χ3n) is 5.36. The van der Waals surface area contributed by atoms with Gasteiger partial charge in [-0.05, 0) is 38.5 Å². The van der Waals surface area contributed by atoms with Gasteiger partial charge in [-0.1, -0.05) is 0 Å². The van der Waals surface area contributed by atoms with Crippen molar-refractivity contribution >= 4 is 21.5 Å². The minimum Gasteiger partial charge on any atom is -0.342 e. The van der Waals surface area contributed by atoms with Crippen LogP contribution in [0.2, 0.25) is 0 Å². The Bertz CT molecular complexity index is 1430. The molecular formula is C21H19F6N7O2S. The van der Waals surface area contributed by atoms with E-state index >= 15 is 0 Å². The van der Waals surface area contributed by atoms with Gasteiger partial charge in [0.25, 0.3) is 5.91 Å². The van der Waals surface area contributed by atoms with Crippen molar-refractivity contribution in [2.24, 2.45) is 4.36 Å². The van der Waals surface area contributed by atoms with E-state index in [1.807, 2.05) is 0 Å². The fourth-order valence-electron chi connectivity index (χ4n) is 3.47. The van der Waals surface area contributed by atoms with Crippen LogP contribution in [0.3, 0.4) is 0 Å². The number of amides is 1. The highest BCUT2D eigenvalue weighted by Crippen LogP contribution is 2.36. The minimum atomic E-state index is -5.10. The van der Waals surface area contributed by atoms with Crippen molar-refractivity contribution < 1.29 is 35.3 Å². The number of hydrogen-bond donors (Lipinski definition) is 1. The highest BCUT2D eigenvalue weighted by molar-refractivity contribution is 7.95. The molecule has 3 heterocycles. The molecule has 0 unspecified atom stereocenters. The highest BCUT2D eigenvalue weighted by Gasteiger charge is 2.37. The van der Waals surface area contributed by atoms with Gasteiger partial charge in [-0.25, -0.2) is 19.2 Å². The lowest BCUT2D eigenvalue weighted by molar-refractivity contribution is -0.143. The molecule has 0 spiro atoms. The molecule has 0 aliphatic carbocycles. The lowest BCUT2D eigenvalue weighted by Crippen LogP contribution is -2.29. The minimum absolute atomic E-state index is 0.0602. The van der Waals surface area contributed by atoms with Crippen molar-refractivity contribution in [2.45, 2.75) is 38.7 Å². The number of rotatable bonds is 5. The molecule has 37 heavy (non-hydrogen) atoms. The predicted molar refractivity (Wildman–Crippen MR) is 119 cm³/mol. The lowest BCUT2D eigenvalue weighted by atomic mass is 10.0. The van der Waals surface area contributed by atoms with Crippen LogP contribution in [0.15, 0.2) is 35.0 Å². The maximum atomic E-state index is 13.2. The molecule has 198 valence electrons. The normalized spacial score (nSPS) is 16.1. The van der Waals surface area contributed by atoms with E-state index in [0.29, 0.717) is 23.6 Å². The van der Waals surface area contributed by atoms with Crippen LogP contribution in [-0.4, -0.2) is 46.4 Å². The van der Waals surface area contributed by atoms with E-state index in [2.05, 4.69) is 29.7 Å². The van der Waals surface area contributed by atoms with E-state index < -0.39 is 50.7 Å². The molecule has 0 radical (unpaired) electrons. The van der Waals surface area contributed by atoms with E-state index in [9.17, 15) is 35.3 Å². The summed E-state index contributed by atoms with van der Waals surface area (Å²) < 4.78 is 96.9. The molecule has 1 saturated heterocycles. The van der Waals surface area contributed by atoms with Gasteiger partial charge >= 0.3 is 12.4 Å². The second kappa shape index (κ2) is 9.39. The lowest BCUT2D eigenvalue weighted by Gasteiger charge is -2.18. The molecule has 0 saturated carbocycles. The number of hydrogen-bond acceptors (Lipinski definition) is 7. The predicted octanol–water partition coefficient (Wildman–Crippen LogP) is 4.40. The van der Waals surface area contributed by atoms with E-state index in [1.54, 1.807) is 0 Å². The molecule has 1 aromatic carbocycles. The van der Waals surface area contributed by atoms with Crippen molar-refractivity contribution in [1.29, 1.82) is 0 Å². The fraction of sp³-hybridized carbons (Fsp3) is 0.381. The molecule has 1 aliphatic heterocycles. The largest absolute Gasteiger partial charge is 0.416 e. The monoisotopic (exact) mass is 547 g/mol. The average Bonchev–Trinajstić information content (AvgIpc) is 3.18. The van der Waals surface area contributed by atoms with Crippen molar-refractivity contribution in [1.82, 2.24) is 30.0 Å². The van der Waals surface area contributed by atoms with E-state index in [1.165, 1.54) is 30.9 Å². The number of carbonyl (C=O) groups is 1. The maximum absolute atomic E-state index is 13.2. The van der Waals surface area contributed by atoms with E-state index in [4.69, 9.17) is 0 Å². The summed E-state index contributed by atoms with van der Waals surface area (Å²) in [6, 6.07) is 1.01. The summed E-state index contributed by atoms with van der Waals surface area (Å²) in [6.45, 7) is 2.96. The number of aryl methyl sites for hydroxylation is 1. The molecule has 1 fully saturated rings. The maximum Gasteiger partial charge on any atom is 0.416 e. The smallest absolute Gasteiger partial charge is 0.342 e. The molecule has 9 nitrogen and oxygen atoms in total. The zero-order chi connectivity index (χ0) is 27.2. The summed E-state index contributed by atoms with van der Waals surface area (Å²) in [5.74, 6) is 0.364. The number of nitrogens with zero attached hydrogens (tertiary/aromatic N) is 6. The molecule has 3 aromatic rings. The average molecular weight is 547 g/mol. The molecule has 0 bridgehead atoms. The Hall–Kier alpha value is -3.56. The zero-order valence-electron chi connectivity index (χ0n) is 19.3. The van der Waals surface area contributed by atoms with Gasteiger partial charge in [-0.2, -0.15) is 35.4 Å². The Labute approximate surface area is 206 Å². The van der Waals surface area contributed by atoms with Gasteiger partial charge < -0.3 is 5.32 Å². The Morgan fingerprint density at radius 1 is 1.05 bits per heavy atom. The Morgan fingerprint density at radius 2 is 1.68 bits per heavy atom. The van der Waals surface area contributed by atoms with Crippen molar-refractivity contribution in [2.75, 3.05) is 11.5 Å². The summed E-state index contributed by atoms with van der Waals surface area (Å²) in [5.41, 5.74) is -4.05. The van der Waals surface area contributed by atoms with Crippen LogP contribution in [0.1, 0.15) is 52.5 Å². The Morgan fingerprint density at radius 3 is 2.22 bits per heavy atom. The number of aromatic nitrogens is 5. The van der Waals surface area contributed by atoms with Crippen LogP contribution in [0.4, 0.5) is 32.2 Å². The first-order valence-electron chi connectivity index (χ1n) is 10.7. The molecular weight excluding hydrogens is 528 g/mol.